The van der Waals surface area contributed by atoms with Gasteiger partial charge in [0.1, 0.15) is 5.60 Å². The first-order chi connectivity index (χ1) is 9.27. The van der Waals surface area contributed by atoms with Crippen LogP contribution in [-0.2, 0) is 4.74 Å². The van der Waals surface area contributed by atoms with Gasteiger partial charge in [0.2, 0.25) is 0 Å². The molecular formula is C17H31NO2. The lowest BCUT2D eigenvalue weighted by molar-refractivity contribution is 0.0507. The Kier molecular flexibility index (Phi) is 6.09. The van der Waals surface area contributed by atoms with Gasteiger partial charge in [0.25, 0.3) is 0 Å². The van der Waals surface area contributed by atoms with Gasteiger partial charge in [-0.15, -0.1) is 0 Å². The van der Waals surface area contributed by atoms with Crippen molar-refractivity contribution in [3.05, 3.63) is 11.6 Å². The first-order valence-corrected chi connectivity index (χ1v) is 7.93. The minimum Gasteiger partial charge on any atom is -0.444 e. The molecular weight excluding hydrogens is 250 g/mol. The van der Waals surface area contributed by atoms with Gasteiger partial charge in [-0.05, 0) is 52.9 Å². The summed E-state index contributed by atoms with van der Waals surface area (Å²) >= 11 is 0. The van der Waals surface area contributed by atoms with Crippen molar-refractivity contribution in [2.24, 2.45) is 5.41 Å². The molecule has 0 radical (unpaired) electrons. The van der Waals surface area contributed by atoms with Crippen LogP contribution in [0.25, 0.3) is 0 Å². The molecule has 0 aromatic carbocycles. The molecule has 0 saturated carbocycles. The minimum absolute atomic E-state index is 0.0755. The molecule has 0 spiro atoms. The summed E-state index contributed by atoms with van der Waals surface area (Å²) in [4.78, 5) is 11.8. The van der Waals surface area contributed by atoms with E-state index in [0.717, 1.165) is 12.8 Å². The van der Waals surface area contributed by atoms with E-state index in [0.29, 0.717) is 6.54 Å². The van der Waals surface area contributed by atoms with Gasteiger partial charge in [-0.25, -0.2) is 4.79 Å². The monoisotopic (exact) mass is 281 g/mol. The first kappa shape index (κ1) is 17.1. The number of alkyl carbamates (subject to hydrolysis) is 1. The van der Waals surface area contributed by atoms with Crippen LogP contribution in [0.4, 0.5) is 4.79 Å². The van der Waals surface area contributed by atoms with Crippen LogP contribution in [0.5, 0.6) is 0 Å². The van der Waals surface area contributed by atoms with E-state index >= 15 is 0 Å². The fourth-order valence-electron chi connectivity index (χ4n) is 2.88. The van der Waals surface area contributed by atoms with Crippen LogP contribution < -0.4 is 5.32 Å². The van der Waals surface area contributed by atoms with Gasteiger partial charge >= 0.3 is 6.09 Å². The maximum Gasteiger partial charge on any atom is 0.407 e. The van der Waals surface area contributed by atoms with Gasteiger partial charge in [-0.3, -0.25) is 0 Å². The molecule has 0 aliphatic heterocycles. The molecule has 3 nitrogen and oxygen atoms in total. The molecule has 3 heteroatoms. The van der Waals surface area contributed by atoms with Crippen molar-refractivity contribution in [2.45, 2.75) is 78.7 Å². The average Bonchev–Trinajstić information content (AvgIpc) is 2.36. The average molecular weight is 281 g/mol. The summed E-state index contributed by atoms with van der Waals surface area (Å²) < 4.78 is 5.33. The van der Waals surface area contributed by atoms with Crippen molar-refractivity contribution in [3.63, 3.8) is 0 Å². The second-order valence-electron chi connectivity index (χ2n) is 7.14. The predicted molar refractivity (Wildman–Crippen MR) is 83.8 cm³/mol. The zero-order chi connectivity index (χ0) is 15.2. The van der Waals surface area contributed by atoms with Crippen LogP contribution in [0.15, 0.2) is 11.6 Å². The number of nitrogens with one attached hydrogen (secondary N) is 1. The van der Waals surface area contributed by atoms with Crippen molar-refractivity contribution in [3.8, 4) is 0 Å². The summed E-state index contributed by atoms with van der Waals surface area (Å²) in [6.07, 6.45) is 9.24. The highest BCUT2D eigenvalue weighted by Crippen LogP contribution is 2.37. The summed E-state index contributed by atoms with van der Waals surface area (Å²) in [6.45, 7) is 10.8. The SMILES string of the molecule is CCCC(C)(CNC(=O)OC(C)(C)C)C1=CCCCC1. The summed E-state index contributed by atoms with van der Waals surface area (Å²) in [6, 6.07) is 0. The Balaban J connectivity index is 2.62. The molecule has 0 aromatic heterocycles. The zero-order valence-electron chi connectivity index (χ0n) is 13.8. The van der Waals surface area contributed by atoms with Gasteiger partial charge in [-0.1, -0.05) is 31.9 Å². The van der Waals surface area contributed by atoms with E-state index in [4.69, 9.17) is 4.74 Å². The Morgan fingerprint density at radius 3 is 2.50 bits per heavy atom. The third-order valence-electron chi connectivity index (χ3n) is 3.89. The van der Waals surface area contributed by atoms with Crippen molar-refractivity contribution in [1.29, 1.82) is 0 Å². The summed E-state index contributed by atoms with van der Waals surface area (Å²) in [5.41, 5.74) is 1.16. The molecule has 1 amide bonds. The lowest BCUT2D eigenvalue weighted by Crippen LogP contribution is -2.40. The highest BCUT2D eigenvalue weighted by atomic mass is 16.6. The molecule has 1 atom stereocenters. The van der Waals surface area contributed by atoms with Crippen LogP contribution in [0.3, 0.4) is 0 Å². The van der Waals surface area contributed by atoms with Crippen molar-refractivity contribution < 1.29 is 9.53 Å². The Bertz CT molecular complexity index is 354. The van der Waals surface area contributed by atoms with E-state index in [9.17, 15) is 4.79 Å². The number of allylic oxidation sites excluding steroid dienone is 1. The number of carbonyl (C=O) groups is 1. The number of ether oxygens (including phenoxy) is 1. The summed E-state index contributed by atoms with van der Waals surface area (Å²) in [5, 5.41) is 2.96. The van der Waals surface area contributed by atoms with Gasteiger partial charge in [0.15, 0.2) is 0 Å². The van der Waals surface area contributed by atoms with E-state index in [2.05, 4.69) is 25.2 Å². The van der Waals surface area contributed by atoms with Gasteiger partial charge in [0.05, 0.1) is 0 Å². The van der Waals surface area contributed by atoms with E-state index in [1.807, 2.05) is 20.8 Å². The van der Waals surface area contributed by atoms with Crippen molar-refractivity contribution >= 4 is 6.09 Å². The maximum atomic E-state index is 11.8. The molecule has 1 aliphatic rings. The molecule has 116 valence electrons. The van der Waals surface area contributed by atoms with Crippen LogP contribution >= 0.6 is 0 Å². The number of carbonyl (C=O) groups excluding carboxylic acids is 1. The fourth-order valence-corrected chi connectivity index (χ4v) is 2.88. The topological polar surface area (TPSA) is 38.3 Å². The molecule has 1 rings (SSSR count). The normalized spacial score (nSPS) is 18.9. The predicted octanol–water partition coefficient (Wildman–Crippen LogP) is 4.82. The van der Waals surface area contributed by atoms with Crippen molar-refractivity contribution in [1.82, 2.24) is 5.32 Å². The number of hydrogen-bond acceptors (Lipinski definition) is 2. The first-order valence-electron chi connectivity index (χ1n) is 7.93. The zero-order valence-corrected chi connectivity index (χ0v) is 13.8. The smallest absolute Gasteiger partial charge is 0.407 e. The lowest BCUT2D eigenvalue weighted by Gasteiger charge is -2.34. The minimum atomic E-state index is -0.435. The molecule has 20 heavy (non-hydrogen) atoms. The van der Waals surface area contributed by atoms with E-state index in [1.165, 1.54) is 31.3 Å². The lowest BCUT2D eigenvalue weighted by atomic mass is 9.74. The van der Waals surface area contributed by atoms with Crippen LogP contribution in [-0.4, -0.2) is 18.2 Å². The van der Waals surface area contributed by atoms with Gasteiger partial charge in [-0.2, -0.15) is 0 Å². The second-order valence-corrected chi connectivity index (χ2v) is 7.14. The Labute approximate surface area is 124 Å². The van der Waals surface area contributed by atoms with Crippen LogP contribution in [0.2, 0.25) is 0 Å². The quantitative estimate of drug-likeness (QED) is 0.734. The second kappa shape index (κ2) is 7.14. The Morgan fingerprint density at radius 2 is 2.00 bits per heavy atom. The highest BCUT2D eigenvalue weighted by molar-refractivity contribution is 5.67. The summed E-state index contributed by atoms with van der Waals surface area (Å²) in [5.74, 6) is 0. The molecule has 1 aliphatic carbocycles. The third-order valence-corrected chi connectivity index (χ3v) is 3.89. The Hall–Kier alpha value is -0.990. The molecule has 0 saturated heterocycles. The molecule has 0 heterocycles. The van der Waals surface area contributed by atoms with E-state index in [-0.39, 0.29) is 11.5 Å². The number of hydrogen-bond donors (Lipinski definition) is 1. The third kappa shape index (κ3) is 5.56. The van der Waals surface area contributed by atoms with Gasteiger partial charge < -0.3 is 10.1 Å². The number of amides is 1. The van der Waals surface area contributed by atoms with E-state index in [1.54, 1.807) is 0 Å². The maximum absolute atomic E-state index is 11.8. The molecule has 1 unspecified atom stereocenters. The van der Waals surface area contributed by atoms with Gasteiger partial charge in [0, 0.05) is 12.0 Å². The Morgan fingerprint density at radius 1 is 1.30 bits per heavy atom. The van der Waals surface area contributed by atoms with Crippen molar-refractivity contribution in [2.75, 3.05) is 6.54 Å². The molecule has 0 fully saturated rings. The highest BCUT2D eigenvalue weighted by Gasteiger charge is 2.30. The fraction of sp³-hybridized carbons (Fsp3) is 0.824. The molecule has 0 aromatic rings. The standard InChI is InChI=1S/C17H31NO2/c1-6-12-17(5,14-10-8-7-9-11-14)13-18-15(19)20-16(2,3)4/h10H,6-9,11-13H2,1-5H3,(H,18,19). The largest absolute Gasteiger partial charge is 0.444 e. The van der Waals surface area contributed by atoms with Crippen LogP contribution in [0, 0.1) is 5.41 Å². The summed E-state index contributed by atoms with van der Waals surface area (Å²) in [7, 11) is 0. The van der Waals surface area contributed by atoms with E-state index < -0.39 is 5.60 Å². The number of rotatable bonds is 5. The van der Waals surface area contributed by atoms with Crippen LogP contribution in [0.1, 0.15) is 73.1 Å². The molecule has 0 bridgehead atoms. The molecule has 1 N–H and O–H groups in total.